The van der Waals surface area contributed by atoms with Crippen molar-refractivity contribution in [3.05, 3.63) is 60.0 Å². The number of benzene rings is 2. The molecule has 1 heterocycles. The Morgan fingerprint density at radius 2 is 1.70 bits per heavy atom. The summed E-state index contributed by atoms with van der Waals surface area (Å²) in [6.07, 6.45) is 5.29. The molecule has 2 N–H and O–H groups in total. The standard InChI is InChI=1S/C16H12N2O2/c19-13-7-4-11(5-8-13)6-9-15-17-10-12-2-1-3-14(20)16(12)18-15/h1-10,19-20H/b9-6+. The van der Waals surface area contributed by atoms with Crippen molar-refractivity contribution in [1.29, 1.82) is 0 Å². The summed E-state index contributed by atoms with van der Waals surface area (Å²) in [7, 11) is 0. The molecule has 0 saturated heterocycles. The van der Waals surface area contributed by atoms with Crippen LogP contribution in [0.15, 0.2) is 48.7 Å². The molecule has 4 heteroatoms. The molecule has 0 aliphatic carbocycles. The molecule has 0 unspecified atom stereocenters. The van der Waals surface area contributed by atoms with E-state index in [2.05, 4.69) is 9.97 Å². The number of phenols is 2. The maximum Gasteiger partial charge on any atom is 0.152 e. The molecular weight excluding hydrogens is 252 g/mol. The highest BCUT2D eigenvalue weighted by Crippen LogP contribution is 2.21. The smallest absolute Gasteiger partial charge is 0.152 e. The Hall–Kier alpha value is -2.88. The van der Waals surface area contributed by atoms with E-state index in [0.717, 1.165) is 10.9 Å². The van der Waals surface area contributed by atoms with Crippen LogP contribution in [0.2, 0.25) is 0 Å². The zero-order valence-electron chi connectivity index (χ0n) is 10.6. The van der Waals surface area contributed by atoms with Crippen LogP contribution in [0.4, 0.5) is 0 Å². The number of aromatic hydroxyl groups is 2. The Morgan fingerprint density at radius 3 is 2.50 bits per heavy atom. The van der Waals surface area contributed by atoms with Gasteiger partial charge in [0.05, 0.1) is 0 Å². The molecule has 0 fully saturated rings. The van der Waals surface area contributed by atoms with Gasteiger partial charge in [-0.15, -0.1) is 0 Å². The van der Waals surface area contributed by atoms with Crippen LogP contribution in [0.5, 0.6) is 11.5 Å². The van der Waals surface area contributed by atoms with Crippen LogP contribution in [0.3, 0.4) is 0 Å². The van der Waals surface area contributed by atoms with Gasteiger partial charge in [0.1, 0.15) is 17.0 Å². The second-order valence-corrected chi connectivity index (χ2v) is 4.37. The first kappa shape index (κ1) is 12.2. The van der Waals surface area contributed by atoms with Gasteiger partial charge in [-0.05, 0) is 29.8 Å². The van der Waals surface area contributed by atoms with E-state index in [1.54, 1.807) is 48.7 Å². The van der Waals surface area contributed by atoms with Gasteiger partial charge < -0.3 is 10.2 Å². The molecule has 0 saturated carbocycles. The number of rotatable bonds is 2. The predicted molar refractivity (Wildman–Crippen MR) is 78.2 cm³/mol. The molecule has 0 bridgehead atoms. The van der Waals surface area contributed by atoms with Crippen molar-refractivity contribution in [3.63, 3.8) is 0 Å². The van der Waals surface area contributed by atoms with Crippen LogP contribution < -0.4 is 0 Å². The first-order valence-electron chi connectivity index (χ1n) is 6.14. The van der Waals surface area contributed by atoms with E-state index in [-0.39, 0.29) is 11.5 Å². The van der Waals surface area contributed by atoms with E-state index in [1.807, 2.05) is 12.1 Å². The van der Waals surface area contributed by atoms with E-state index >= 15 is 0 Å². The van der Waals surface area contributed by atoms with Crippen LogP contribution in [0.1, 0.15) is 11.4 Å². The topological polar surface area (TPSA) is 66.2 Å². The average Bonchev–Trinajstić information content (AvgIpc) is 2.47. The SMILES string of the molecule is Oc1ccc(/C=C/c2ncc3cccc(O)c3n2)cc1. The summed E-state index contributed by atoms with van der Waals surface area (Å²) in [6, 6.07) is 12.0. The fourth-order valence-electron chi connectivity index (χ4n) is 1.89. The minimum atomic E-state index is 0.143. The molecule has 3 aromatic rings. The van der Waals surface area contributed by atoms with Crippen LogP contribution in [0.25, 0.3) is 23.1 Å². The lowest BCUT2D eigenvalue weighted by atomic mass is 10.2. The van der Waals surface area contributed by atoms with Crippen molar-refractivity contribution in [3.8, 4) is 11.5 Å². The second-order valence-electron chi connectivity index (χ2n) is 4.37. The van der Waals surface area contributed by atoms with Crippen molar-refractivity contribution in [2.45, 2.75) is 0 Å². The lowest BCUT2D eigenvalue weighted by molar-refractivity contribution is 0.475. The number of nitrogens with zero attached hydrogens (tertiary/aromatic N) is 2. The summed E-state index contributed by atoms with van der Waals surface area (Å²) < 4.78 is 0. The predicted octanol–water partition coefficient (Wildman–Crippen LogP) is 3.21. The lowest BCUT2D eigenvalue weighted by Gasteiger charge is -2.00. The number of phenolic OH excluding ortho intramolecular Hbond substituents is 2. The third-order valence-corrected chi connectivity index (χ3v) is 2.93. The molecular formula is C16H12N2O2. The molecule has 98 valence electrons. The Bertz CT molecular complexity index is 780. The van der Waals surface area contributed by atoms with E-state index in [4.69, 9.17) is 0 Å². The highest BCUT2D eigenvalue weighted by molar-refractivity contribution is 5.84. The van der Waals surface area contributed by atoms with Crippen LogP contribution in [-0.2, 0) is 0 Å². The van der Waals surface area contributed by atoms with Crippen LogP contribution in [0, 0.1) is 0 Å². The molecule has 0 aliphatic heterocycles. The maximum absolute atomic E-state index is 9.77. The number of fused-ring (bicyclic) bond motifs is 1. The normalized spacial score (nSPS) is 11.2. The molecule has 0 radical (unpaired) electrons. The Balaban J connectivity index is 1.94. The first-order chi connectivity index (χ1) is 9.72. The number of hydrogen-bond donors (Lipinski definition) is 2. The van der Waals surface area contributed by atoms with Gasteiger partial charge in [0.25, 0.3) is 0 Å². The Morgan fingerprint density at radius 1 is 0.900 bits per heavy atom. The molecule has 4 nitrogen and oxygen atoms in total. The van der Waals surface area contributed by atoms with E-state index in [1.165, 1.54) is 0 Å². The maximum atomic E-state index is 9.77. The van der Waals surface area contributed by atoms with Crippen molar-refractivity contribution in [2.75, 3.05) is 0 Å². The van der Waals surface area contributed by atoms with E-state index in [9.17, 15) is 10.2 Å². The van der Waals surface area contributed by atoms with Crippen LogP contribution >= 0.6 is 0 Å². The molecule has 0 aliphatic rings. The van der Waals surface area contributed by atoms with Gasteiger partial charge in [0, 0.05) is 11.6 Å². The van der Waals surface area contributed by atoms with E-state index < -0.39 is 0 Å². The molecule has 0 spiro atoms. The molecule has 0 atom stereocenters. The summed E-state index contributed by atoms with van der Waals surface area (Å²) in [6.45, 7) is 0. The first-order valence-corrected chi connectivity index (χ1v) is 6.14. The zero-order valence-corrected chi connectivity index (χ0v) is 10.6. The van der Waals surface area contributed by atoms with Crippen molar-refractivity contribution < 1.29 is 10.2 Å². The molecule has 0 amide bonds. The zero-order chi connectivity index (χ0) is 13.9. The van der Waals surface area contributed by atoms with Crippen molar-refractivity contribution in [1.82, 2.24) is 9.97 Å². The summed E-state index contributed by atoms with van der Waals surface area (Å²) in [4.78, 5) is 8.53. The third-order valence-electron chi connectivity index (χ3n) is 2.93. The molecule has 2 aromatic carbocycles. The minimum absolute atomic E-state index is 0.143. The number of aromatic nitrogens is 2. The van der Waals surface area contributed by atoms with Gasteiger partial charge in [-0.25, -0.2) is 9.97 Å². The van der Waals surface area contributed by atoms with Gasteiger partial charge in [-0.2, -0.15) is 0 Å². The van der Waals surface area contributed by atoms with Gasteiger partial charge >= 0.3 is 0 Å². The van der Waals surface area contributed by atoms with Gasteiger partial charge in [0.2, 0.25) is 0 Å². The molecule has 20 heavy (non-hydrogen) atoms. The van der Waals surface area contributed by atoms with Gasteiger partial charge in [0.15, 0.2) is 5.82 Å². The highest BCUT2D eigenvalue weighted by Gasteiger charge is 2.01. The van der Waals surface area contributed by atoms with Crippen molar-refractivity contribution >= 4 is 23.1 Å². The summed E-state index contributed by atoms with van der Waals surface area (Å²) in [5.41, 5.74) is 1.47. The summed E-state index contributed by atoms with van der Waals surface area (Å²) >= 11 is 0. The van der Waals surface area contributed by atoms with Gasteiger partial charge in [-0.1, -0.05) is 30.3 Å². The van der Waals surface area contributed by atoms with Crippen LogP contribution in [-0.4, -0.2) is 20.2 Å². The number of para-hydroxylation sites is 1. The second kappa shape index (κ2) is 5.01. The van der Waals surface area contributed by atoms with Gasteiger partial charge in [-0.3, -0.25) is 0 Å². The highest BCUT2D eigenvalue weighted by atomic mass is 16.3. The fraction of sp³-hybridized carbons (Fsp3) is 0. The molecule has 1 aromatic heterocycles. The summed E-state index contributed by atoms with van der Waals surface area (Å²) in [5.74, 6) is 0.894. The number of hydrogen-bond acceptors (Lipinski definition) is 4. The third kappa shape index (κ3) is 2.44. The van der Waals surface area contributed by atoms with Crippen molar-refractivity contribution in [2.24, 2.45) is 0 Å². The summed E-state index contributed by atoms with van der Waals surface area (Å²) in [5, 5.41) is 19.8. The Labute approximate surface area is 115 Å². The lowest BCUT2D eigenvalue weighted by Crippen LogP contribution is -1.88. The fourth-order valence-corrected chi connectivity index (χ4v) is 1.89. The monoisotopic (exact) mass is 264 g/mol. The Kier molecular flexibility index (Phi) is 3.05. The van der Waals surface area contributed by atoms with E-state index in [0.29, 0.717) is 11.3 Å². The average molecular weight is 264 g/mol. The molecule has 3 rings (SSSR count). The minimum Gasteiger partial charge on any atom is -0.508 e. The largest absolute Gasteiger partial charge is 0.508 e. The quantitative estimate of drug-likeness (QED) is 0.745.